The largest absolute Gasteiger partial charge is 0.351 e. The minimum absolute atomic E-state index is 0.0157. The molecule has 3 heterocycles. The van der Waals surface area contributed by atoms with Gasteiger partial charge in [0.25, 0.3) is 10.0 Å². The van der Waals surface area contributed by atoms with E-state index in [0.717, 1.165) is 37.8 Å². The first-order valence-corrected chi connectivity index (χ1v) is 15.7. The van der Waals surface area contributed by atoms with Gasteiger partial charge in [0.15, 0.2) is 5.65 Å². The van der Waals surface area contributed by atoms with Crippen LogP contribution in [0, 0.1) is 18.6 Å². The lowest BCUT2D eigenvalue weighted by atomic mass is 9.91. The zero-order valence-electron chi connectivity index (χ0n) is 23.8. The number of rotatable bonds is 7. The number of sulfonamides is 1. The molecule has 0 amide bonds. The van der Waals surface area contributed by atoms with E-state index >= 15 is 8.78 Å². The first-order chi connectivity index (χ1) is 20.5. The van der Waals surface area contributed by atoms with Gasteiger partial charge in [-0.05, 0) is 77.0 Å². The molecule has 0 radical (unpaired) electrons. The molecular formula is C30H30ClF2N7O2S. The first kappa shape index (κ1) is 29.2. The predicted molar refractivity (Wildman–Crippen MR) is 164 cm³/mol. The van der Waals surface area contributed by atoms with Crippen molar-refractivity contribution in [3.63, 3.8) is 0 Å². The highest BCUT2D eigenvalue weighted by atomic mass is 35.5. The third-order valence-corrected chi connectivity index (χ3v) is 9.72. The van der Waals surface area contributed by atoms with E-state index in [1.807, 2.05) is 0 Å². The second-order valence-corrected chi connectivity index (χ2v) is 13.1. The van der Waals surface area contributed by atoms with Crippen molar-refractivity contribution in [3.8, 4) is 11.1 Å². The number of halogens is 3. The second-order valence-electron chi connectivity index (χ2n) is 11.1. The van der Waals surface area contributed by atoms with Gasteiger partial charge in [-0.25, -0.2) is 27.2 Å². The number of aryl methyl sites for hydroxylation is 1. The molecule has 0 atom stereocenters. The molecule has 1 fully saturated rings. The Labute approximate surface area is 253 Å². The van der Waals surface area contributed by atoms with Crippen LogP contribution >= 0.6 is 11.6 Å². The molecule has 1 saturated carbocycles. The predicted octanol–water partition coefficient (Wildman–Crippen LogP) is 6.27. The zero-order chi connectivity index (χ0) is 30.5. The van der Waals surface area contributed by atoms with E-state index in [0.29, 0.717) is 34.4 Å². The molecule has 224 valence electrons. The third-order valence-electron chi connectivity index (χ3n) is 7.84. The van der Waals surface area contributed by atoms with Crippen LogP contribution in [0.15, 0.2) is 59.8 Å². The summed E-state index contributed by atoms with van der Waals surface area (Å²) >= 11 is 6.03. The van der Waals surface area contributed by atoms with Crippen LogP contribution in [0.2, 0.25) is 5.02 Å². The Morgan fingerprint density at radius 3 is 2.37 bits per heavy atom. The van der Waals surface area contributed by atoms with Crippen LogP contribution in [-0.4, -0.2) is 58.8 Å². The van der Waals surface area contributed by atoms with E-state index in [4.69, 9.17) is 16.6 Å². The number of nitrogens with one attached hydrogen (secondary N) is 2. The van der Waals surface area contributed by atoms with Gasteiger partial charge in [-0.3, -0.25) is 9.12 Å². The number of imidazole rings is 1. The number of hydrogen-bond donors (Lipinski definition) is 2. The van der Waals surface area contributed by atoms with Gasteiger partial charge in [-0.15, -0.1) is 0 Å². The van der Waals surface area contributed by atoms with E-state index in [1.165, 1.54) is 18.2 Å². The van der Waals surface area contributed by atoms with Gasteiger partial charge in [0, 0.05) is 35.4 Å². The number of hydrogen-bond acceptors (Lipinski definition) is 7. The van der Waals surface area contributed by atoms with Gasteiger partial charge in [0.05, 0.1) is 22.0 Å². The number of anilines is 2. The maximum Gasteiger partial charge on any atom is 0.263 e. The van der Waals surface area contributed by atoms with Crippen molar-refractivity contribution < 1.29 is 17.2 Å². The molecule has 43 heavy (non-hydrogen) atoms. The molecule has 5 aromatic rings. The fourth-order valence-corrected chi connectivity index (χ4v) is 7.24. The van der Waals surface area contributed by atoms with Gasteiger partial charge in [0.2, 0.25) is 5.95 Å². The number of aromatic nitrogens is 4. The number of nitrogens with zero attached hydrogens (tertiary/aromatic N) is 5. The Bertz CT molecular complexity index is 1930. The summed E-state index contributed by atoms with van der Waals surface area (Å²) in [5.74, 6) is -1.45. The van der Waals surface area contributed by atoms with Gasteiger partial charge in [-0.2, -0.15) is 4.98 Å². The lowest BCUT2D eigenvalue weighted by Crippen LogP contribution is -2.36. The molecule has 0 unspecified atom stereocenters. The summed E-state index contributed by atoms with van der Waals surface area (Å²) in [6, 6.07) is 10.1. The Hall–Kier alpha value is -3.87. The topological polar surface area (TPSA) is 105 Å². The molecule has 0 bridgehead atoms. The summed E-state index contributed by atoms with van der Waals surface area (Å²) in [6.45, 7) is 1.78. The molecule has 1 aliphatic rings. The lowest BCUT2D eigenvalue weighted by Gasteiger charge is -2.32. The van der Waals surface area contributed by atoms with Crippen molar-refractivity contribution in [2.45, 2.75) is 49.6 Å². The average molecular weight is 626 g/mol. The van der Waals surface area contributed by atoms with Gasteiger partial charge in [0.1, 0.15) is 22.2 Å². The number of pyridine rings is 1. The van der Waals surface area contributed by atoms with Crippen LogP contribution < -0.4 is 10.0 Å². The average Bonchev–Trinajstić information content (AvgIpc) is 3.35. The highest BCUT2D eigenvalue weighted by Gasteiger charge is 2.25. The minimum Gasteiger partial charge on any atom is -0.351 e. The first-order valence-electron chi connectivity index (χ1n) is 13.9. The molecule has 0 spiro atoms. The summed E-state index contributed by atoms with van der Waals surface area (Å²) in [5, 5.41) is 3.99. The molecule has 13 heteroatoms. The Morgan fingerprint density at radius 2 is 1.70 bits per heavy atom. The molecule has 2 N–H and O–H groups in total. The molecular weight excluding hydrogens is 596 g/mol. The number of benzene rings is 2. The summed E-state index contributed by atoms with van der Waals surface area (Å²) < 4.78 is 60.8. The summed E-state index contributed by atoms with van der Waals surface area (Å²) in [5.41, 5.74) is 1.04. The minimum atomic E-state index is -4.19. The highest BCUT2D eigenvalue weighted by Crippen LogP contribution is 2.35. The van der Waals surface area contributed by atoms with Gasteiger partial charge in [-0.1, -0.05) is 23.7 Å². The van der Waals surface area contributed by atoms with Crippen LogP contribution in [0.25, 0.3) is 27.8 Å². The van der Waals surface area contributed by atoms with Crippen molar-refractivity contribution in [2.24, 2.45) is 0 Å². The van der Waals surface area contributed by atoms with Crippen molar-refractivity contribution in [3.05, 3.63) is 77.2 Å². The summed E-state index contributed by atoms with van der Waals surface area (Å²) in [4.78, 5) is 15.8. The fraction of sp³-hybridized carbons (Fsp3) is 0.300. The lowest BCUT2D eigenvalue weighted by molar-refractivity contribution is 0.221. The van der Waals surface area contributed by atoms with Crippen LogP contribution in [0.5, 0.6) is 0 Å². The Kier molecular flexibility index (Phi) is 7.69. The molecule has 2 aromatic carbocycles. The molecule has 1 aliphatic carbocycles. The third kappa shape index (κ3) is 5.74. The SMILES string of the molecule is Cc1cn2c(n1)c(-c1c(F)cc(NS(=O)(=O)c3ccccc3Cl)cc1F)cc1cnc(NC3CCC(N(C)C)CC3)nc12. The molecule has 0 aliphatic heterocycles. The van der Waals surface area contributed by atoms with Crippen LogP contribution in [-0.2, 0) is 10.0 Å². The van der Waals surface area contributed by atoms with E-state index in [-0.39, 0.29) is 32.8 Å². The van der Waals surface area contributed by atoms with E-state index in [9.17, 15) is 8.42 Å². The molecule has 9 nitrogen and oxygen atoms in total. The van der Waals surface area contributed by atoms with Crippen LogP contribution in [0.1, 0.15) is 31.4 Å². The van der Waals surface area contributed by atoms with Gasteiger partial charge < -0.3 is 10.2 Å². The summed E-state index contributed by atoms with van der Waals surface area (Å²) in [7, 11) is 0.0158. The second kappa shape index (κ2) is 11.3. The monoisotopic (exact) mass is 625 g/mol. The maximum absolute atomic E-state index is 15.6. The molecule has 6 rings (SSSR count). The normalized spacial score (nSPS) is 17.6. The zero-order valence-corrected chi connectivity index (χ0v) is 25.3. The van der Waals surface area contributed by atoms with E-state index < -0.39 is 21.7 Å². The molecule has 3 aromatic heterocycles. The quantitative estimate of drug-likeness (QED) is 0.220. The smallest absolute Gasteiger partial charge is 0.263 e. The summed E-state index contributed by atoms with van der Waals surface area (Å²) in [6.07, 6.45) is 7.56. The van der Waals surface area contributed by atoms with Gasteiger partial charge >= 0.3 is 0 Å². The van der Waals surface area contributed by atoms with E-state index in [2.05, 4.69) is 39.0 Å². The van der Waals surface area contributed by atoms with Crippen LogP contribution in [0.3, 0.4) is 0 Å². The van der Waals surface area contributed by atoms with Crippen molar-refractivity contribution in [1.29, 1.82) is 0 Å². The standard InChI is InChI=1S/C30H30ClF2N7O2S/c1-17-16-40-28-18(15-34-30(37-28)36-19-8-10-21(11-9-19)39(2)3)12-22(29(40)35-17)27-24(32)13-20(14-25(27)33)38-43(41,42)26-7-5-4-6-23(26)31/h4-7,12-16,19,21,38H,8-11H2,1-3H3,(H,34,36,37). The van der Waals surface area contributed by atoms with Crippen LogP contribution in [0.4, 0.5) is 20.4 Å². The van der Waals surface area contributed by atoms with Crippen molar-refractivity contribution in [2.75, 3.05) is 24.1 Å². The number of fused-ring (bicyclic) bond motifs is 3. The fourth-order valence-electron chi connectivity index (χ4n) is 5.68. The maximum atomic E-state index is 15.6. The highest BCUT2D eigenvalue weighted by molar-refractivity contribution is 7.92. The Balaban J connectivity index is 1.34. The van der Waals surface area contributed by atoms with Crippen molar-refractivity contribution in [1.82, 2.24) is 24.3 Å². The Morgan fingerprint density at radius 1 is 1.00 bits per heavy atom. The van der Waals surface area contributed by atoms with Crippen molar-refractivity contribution >= 4 is 49.9 Å². The van der Waals surface area contributed by atoms with E-state index in [1.54, 1.807) is 35.9 Å². The molecule has 0 saturated heterocycles.